The van der Waals surface area contributed by atoms with E-state index in [4.69, 9.17) is 0 Å². The molecule has 3 aliphatic rings. The smallest absolute Gasteiger partial charge is 0.171 e. The Morgan fingerprint density at radius 2 is 1.87 bits per heavy atom. The van der Waals surface area contributed by atoms with E-state index in [9.17, 15) is 15.0 Å². The summed E-state index contributed by atoms with van der Waals surface area (Å²) in [5.74, 6) is 0.157. The quantitative estimate of drug-likeness (QED) is 0.729. The van der Waals surface area contributed by atoms with Gasteiger partial charge < -0.3 is 10.2 Å². The molecule has 0 aromatic carbocycles. The summed E-state index contributed by atoms with van der Waals surface area (Å²) in [5.41, 5.74) is -1.93. The number of ketones is 1. The Morgan fingerprint density at radius 1 is 1.22 bits per heavy atom. The highest BCUT2D eigenvalue weighted by Crippen LogP contribution is 2.64. The van der Waals surface area contributed by atoms with Gasteiger partial charge in [-0.3, -0.25) is 4.79 Å². The maximum atomic E-state index is 13.0. The topological polar surface area (TPSA) is 57.5 Å². The standard InChI is InChI=1S/C20H30O3/c1-6-18(4)11-12-20(23)13(16(18)22)7-8-14-17(2,3)10-9-15(21)19(14,20)5/h6-7,14-15,21,23H,1,8-12H2,2-5H3/t14-,15+,18+,19+,20-/m0/s1. The molecule has 3 nitrogen and oxygen atoms in total. The lowest BCUT2D eigenvalue weighted by atomic mass is 9.43. The fraction of sp³-hybridized carbons (Fsp3) is 0.750. The molecule has 0 heterocycles. The predicted molar refractivity (Wildman–Crippen MR) is 90.8 cm³/mol. The number of rotatable bonds is 1. The van der Waals surface area contributed by atoms with Crippen molar-refractivity contribution in [3.63, 3.8) is 0 Å². The predicted octanol–water partition coefficient (Wildman–Crippen LogP) is 3.41. The molecule has 3 rings (SSSR count). The van der Waals surface area contributed by atoms with Gasteiger partial charge in [0.05, 0.1) is 6.10 Å². The molecular weight excluding hydrogens is 288 g/mol. The van der Waals surface area contributed by atoms with Crippen LogP contribution in [0.4, 0.5) is 0 Å². The number of carbonyl (C=O) groups excluding carboxylic acids is 1. The lowest BCUT2D eigenvalue weighted by molar-refractivity contribution is -0.208. The van der Waals surface area contributed by atoms with Crippen molar-refractivity contribution < 1.29 is 15.0 Å². The summed E-state index contributed by atoms with van der Waals surface area (Å²) in [6.07, 6.45) is 6.56. The van der Waals surface area contributed by atoms with E-state index in [0.717, 1.165) is 12.8 Å². The number of hydrogen-bond acceptors (Lipinski definition) is 3. The maximum absolute atomic E-state index is 13.0. The van der Waals surface area contributed by atoms with E-state index in [-0.39, 0.29) is 17.1 Å². The van der Waals surface area contributed by atoms with Gasteiger partial charge in [0.2, 0.25) is 0 Å². The zero-order chi connectivity index (χ0) is 17.3. The van der Waals surface area contributed by atoms with Crippen LogP contribution in [0.2, 0.25) is 0 Å². The number of Topliss-reactive ketones (excluding diaryl/α,β-unsaturated/α-hetero) is 1. The van der Waals surface area contributed by atoms with Gasteiger partial charge in [-0.2, -0.15) is 0 Å². The first-order valence-electron chi connectivity index (χ1n) is 8.82. The van der Waals surface area contributed by atoms with Gasteiger partial charge in [-0.25, -0.2) is 0 Å². The lowest BCUT2D eigenvalue weighted by Crippen LogP contribution is -2.67. The summed E-state index contributed by atoms with van der Waals surface area (Å²) in [7, 11) is 0. The monoisotopic (exact) mass is 318 g/mol. The molecule has 2 fully saturated rings. The van der Waals surface area contributed by atoms with Crippen LogP contribution >= 0.6 is 0 Å². The van der Waals surface area contributed by atoms with Crippen molar-refractivity contribution >= 4 is 5.78 Å². The first-order valence-corrected chi connectivity index (χ1v) is 8.82. The molecule has 0 saturated heterocycles. The molecule has 128 valence electrons. The van der Waals surface area contributed by atoms with Crippen molar-refractivity contribution in [2.75, 3.05) is 0 Å². The van der Waals surface area contributed by atoms with Gasteiger partial charge in [0.15, 0.2) is 5.78 Å². The van der Waals surface area contributed by atoms with Gasteiger partial charge in [-0.15, -0.1) is 6.58 Å². The number of aliphatic hydroxyl groups is 2. The van der Waals surface area contributed by atoms with E-state index in [0.29, 0.717) is 24.8 Å². The number of fused-ring (bicyclic) bond motifs is 3. The van der Waals surface area contributed by atoms with E-state index in [1.807, 2.05) is 19.9 Å². The zero-order valence-electron chi connectivity index (χ0n) is 14.9. The molecule has 0 unspecified atom stereocenters. The Balaban J connectivity index is 2.15. The summed E-state index contributed by atoms with van der Waals surface area (Å²) in [4.78, 5) is 13.0. The largest absolute Gasteiger partial charge is 0.392 e. The van der Waals surface area contributed by atoms with Crippen molar-refractivity contribution in [3.05, 3.63) is 24.3 Å². The molecule has 3 heteroatoms. The van der Waals surface area contributed by atoms with E-state index in [1.54, 1.807) is 6.08 Å². The Kier molecular flexibility index (Phi) is 3.53. The Bertz CT molecular complexity index is 590. The number of carbonyl (C=O) groups is 1. The Morgan fingerprint density at radius 3 is 2.48 bits per heavy atom. The van der Waals surface area contributed by atoms with Crippen LogP contribution in [0.25, 0.3) is 0 Å². The van der Waals surface area contributed by atoms with Gasteiger partial charge in [0.1, 0.15) is 5.60 Å². The number of hydrogen-bond donors (Lipinski definition) is 2. The van der Waals surface area contributed by atoms with E-state index >= 15 is 0 Å². The molecule has 0 bridgehead atoms. The van der Waals surface area contributed by atoms with Crippen LogP contribution in [-0.2, 0) is 4.79 Å². The fourth-order valence-electron chi connectivity index (χ4n) is 5.59. The van der Waals surface area contributed by atoms with Crippen molar-refractivity contribution in [2.45, 2.75) is 71.5 Å². The second-order valence-electron chi connectivity index (χ2n) is 9.04. The summed E-state index contributed by atoms with van der Waals surface area (Å²) >= 11 is 0. The van der Waals surface area contributed by atoms with Crippen molar-refractivity contribution in [2.24, 2.45) is 22.2 Å². The highest BCUT2D eigenvalue weighted by Gasteiger charge is 2.66. The molecule has 2 N–H and O–H groups in total. The molecule has 0 aliphatic heterocycles. The lowest BCUT2D eigenvalue weighted by Gasteiger charge is -2.63. The van der Waals surface area contributed by atoms with Gasteiger partial charge in [-0.1, -0.05) is 32.9 Å². The third kappa shape index (κ3) is 1.93. The fourth-order valence-corrected chi connectivity index (χ4v) is 5.59. The van der Waals surface area contributed by atoms with Crippen LogP contribution in [0.5, 0.6) is 0 Å². The van der Waals surface area contributed by atoms with Gasteiger partial charge >= 0.3 is 0 Å². The first kappa shape index (κ1) is 16.9. The molecule has 3 aliphatic carbocycles. The van der Waals surface area contributed by atoms with Crippen LogP contribution < -0.4 is 0 Å². The molecular formula is C20H30O3. The van der Waals surface area contributed by atoms with Crippen LogP contribution in [0.15, 0.2) is 24.3 Å². The average Bonchev–Trinajstić information content (AvgIpc) is 2.50. The second kappa shape index (κ2) is 4.80. The first-order chi connectivity index (χ1) is 10.5. The molecule has 23 heavy (non-hydrogen) atoms. The molecule has 2 saturated carbocycles. The van der Waals surface area contributed by atoms with E-state index in [2.05, 4.69) is 20.4 Å². The minimum atomic E-state index is -1.23. The van der Waals surface area contributed by atoms with Crippen molar-refractivity contribution in [1.29, 1.82) is 0 Å². The molecule has 0 spiro atoms. The maximum Gasteiger partial charge on any atom is 0.171 e. The van der Waals surface area contributed by atoms with E-state index in [1.165, 1.54) is 0 Å². The molecule has 0 aromatic rings. The highest BCUT2D eigenvalue weighted by molar-refractivity contribution is 6.03. The minimum Gasteiger partial charge on any atom is -0.392 e. The number of allylic oxidation sites excluding steroid dienone is 2. The van der Waals surface area contributed by atoms with Crippen LogP contribution in [0.1, 0.15) is 59.8 Å². The van der Waals surface area contributed by atoms with Gasteiger partial charge in [-0.05, 0) is 50.4 Å². The third-order valence-corrected chi connectivity index (χ3v) is 7.54. The van der Waals surface area contributed by atoms with Gasteiger partial charge in [0, 0.05) is 16.4 Å². The summed E-state index contributed by atoms with van der Waals surface area (Å²) in [5, 5.41) is 22.5. The van der Waals surface area contributed by atoms with E-state index < -0.39 is 22.5 Å². The van der Waals surface area contributed by atoms with Crippen molar-refractivity contribution in [1.82, 2.24) is 0 Å². The molecule has 0 amide bonds. The van der Waals surface area contributed by atoms with Crippen LogP contribution in [0, 0.1) is 22.2 Å². The molecule has 5 atom stereocenters. The summed E-state index contributed by atoms with van der Waals surface area (Å²) in [6.45, 7) is 12.2. The normalized spacial score (nSPS) is 49.0. The minimum absolute atomic E-state index is 0.0171. The van der Waals surface area contributed by atoms with Crippen LogP contribution in [-0.4, -0.2) is 27.7 Å². The summed E-state index contributed by atoms with van der Waals surface area (Å²) in [6, 6.07) is 0. The van der Waals surface area contributed by atoms with Gasteiger partial charge in [0.25, 0.3) is 0 Å². The zero-order valence-corrected chi connectivity index (χ0v) is 14.9. The summed E-state index contributed by atoms with van der Waals surface area (Å²) < 4.78 is 0. The Labute approximate surface area is 139 Å². The van der Waals surface area contributed by atoms with Crippen molar-refractivity contribution in [3.8, 4) is 0 Å². The Hall–Kier alpha value is -0.930. The molecule has 0 radical (unpaired) electrons. The highest BCUT2D eigenvalue weighted by atomic mass is 16.3. The average molecular weight is 318 g/mol. The third-order valence-electron chi connectivity index (χ3n) is 7.54. The second-order valence-corrected chi connectivity index (χ2v) is 9.04. The number of aliphatic hydroxyl groups excluding tert-OH is 1. The molecule has 0 aromatic heterocycles. The SMILES string of the molecule is C=C[C@]1(C)CC[C@]2(O)C(=CC[C@H]3C(C)(C)CC[C@@H](O)[C@@]32C)C1=O. The van der Waals surface area contributed by atoms with Crippen LogP contribution in [0.3, 0.4) is 0 Å².